The van der Waals surface area contributed by atoms with E-state index in [-0.39, 0.29) is 18.6 Å². The minimum atomic E-state index is -0.828. The molecule has 6 heteroatoms. The van der Waals surface area contributed by atoms with E-state index in [2.05, 4.69) is 5.32 Å². The first-order valence-electron chi connectivity index (χ1n) is 5.66. The van der Waals surface area contributed by atoms with E-state index in [9.17, 15) is 9.59 Å². The van der Waals surface area contributed by atoms with Gasteiger partial charge in [0.05, 0.1) is 18.1 Å². The first-order valence-corrected chi connectivity index (χ1v) is 5.66. The third-order valence-electron chi connectivity index (χ3n) is 3.27. The summed E-state index contributed by atoms with van der Waals surface area (Å²) in [6.07, 6.45) is 1.28. The van der Waals surface area contributed by atoms with E-state index in [1.54, 1.807) is 14.2 Å². The number of hydrogen-bond acceptors (Lipinski definition) is 3. The zero-order valence-corrected chi connectivity index (χ0v) is 10.5. The molecule has 1 unspecified atom stereocenters. The van der Waals surface area contributed by atoms with Gasteiger partial charge in [-0.2, -0.15) is 0 Å². The van der Waals surface area contributed by atoms with Crippen LogP contribution in [0.25, 0.3) is 0 Å². The van der Waals surface area contributed by atoms with Crippen molar-refractivity contribution in [1.82, 2.24) is 10.2 Å². The molecule has 0 aromatic heterocycles. The zero-order chi connectivity index (χ0) is 13.1. The number of hydrogen-bond donors (Lipinski definition) is 2. The number of amides is 2. The molecule has 0 spiro atoms. The van der Waals surface area contributed by atoms with Crippen LogP contribution in [0.3, 0.4) is 0 Å². The van der Waals surface area contributed by atoms with Crippen molar-refractivity contribution in [2.24, 2.45) is 5.41 Å². The van der Waals surface area contributed by atoms with Crippen LogP contribution >= 0.6 is 0 Å². The van der Waals surface area contributed by atoms with Crippen LogP contribution < -0.4 is 5.32 Å². The second-order valence-corrected chi connectivity index (χ2v) is 4.66. The third-order valence-corrected chi connectivity index (χ3v) is 3.27. The second kappa shape index (κ2) is 5.35. The van der Waals surface area contributed by atoms with Crippen LogP contribution in [0, 0.1) is 5.41 Å². The van der Waals surface area contributed by atoms with Gasteiger partial charge in [-0.05, 0) is 19.8 Å². The maximum absolute atomic E-state index is 11.7. The second-order valence-electron chi connectivity index (χ2n) is 4.66. The average molecular weight is 244 g/mol. The molecule has 0 aromatic carbocycles. The molecule has 2 amide bonds. The number of aliphatic carboxylic acids is 1. The maximum atomic E-state index is 11.7. The number of nitrogens with one attached hydrogen (secondary N) is 1. The Hall–Kier alpha value is -1.30. The summed E-state index contributed by atoms with van der Waals surface area (Å²) in [6.45, 7) is 2.52. The Kier molecular flexibility index (Phi) is 4.34. The lowest BCUT2D eigenvalue weighted by atomic mass is 10.1. The number of methoxy groups -OCH3 is 1. The van der Waals surface area contributed by atoms with Crippen LogP contribution in [-0.2, 0) is 9.53 Å². The normalized spacial score (nSPS) is 18.3. The van der Waals surface area contributed by atoms with E-state index >= 15 is 0 Å². The monoisotopic (exact) mass is 244 g/mol. The molecular formula is C11H20N2O4. The molecule has 0 radical (unpaired) electrons. The Morgan fingerprint density at radius 3 is 2.53 bits per heavy atom. The topological polar surface area (TPSA) is 78.9 Å². The van der Waals surface area contributed by atoms with Crippen LogP contribution in [0.15, 0.2) is 0 Å². The molecule has 1 atom stereocenters. The summed E-state index contributed by atoms with van der Waals surface area (Å²) in [4.78, 5) is 24.2. The number of rotatable bonds is 6. The molecular weight excluding hydrogens is 224 g/mol. The third kappa shape index (κ3) is 3.33. The molecule has 1 fully saturated rings. The van der Waals surface area contributed by atoms with E-state index in [0.29, 0.717) is 19.4 Å². The first-order chi connectivity index (χ1) is 7.93. The molecule has 98 valence electrons. The summed E-state index contributed by atoms with van der Waals surface area (Å²) in [5, 5.41) is 11.6. The number of carboxylic acids is 1. The summed E-state index contributed by atoms with van der Waals surface area (Å²) in [7, 11) is 3.24. The van der Waals surface area contributed by atoms with E-state index in [4.69, 9.17) is 9.84 Å². The molecule has 1 saturated carbocycles. The summed E-state index contributed by atoms with van der Waals surface area (Å²) in [6, 6.07) is -0.304. The van der Waals surface area contributed by atoms with Gasteiger partial charge < -0.3 is 20.1 Å². The average Bonchev–Trinajstić information content (AvgIpc) is 3.06. The fraction of sp³-hybridized carbons (Fsp3) is 0.818. The number of carbonyl (C=O) groups excluding carboxylic acids is 1. The van der Waals surface area contributed by atoms with Crippen LogP contribution in [0.4, 0.5) is 4.79 Å². The van der Waals surface area contributed by atoms with Crippen molar-refractivity contribution in [2.45, 2.75) is 25.8 Å². The molecule has 0 bridgehead atoms. The molecule has 2 N–H and O–H groups in total. The fourth-order valence-corrected chi connectivity index (χ4v) is 1.54. The highest BCUT2D eigenvalue weighted by Gasteiger charge is 2.50. The summed E-state index contributed by atoms with van der Waals surface area (Å²) < 4.78 is 4.96. The lowest BCUT2D eigenvalue weighted by Crippen LogP contribution is -2.46. The molecule has 0 aromatic rings. The minimum absolute atomic E-state index is 0.0417. The van der Waals surface area contributed by atoms with Gasteiger partial charge in [0.1, 0.15) is 0 Å². The molecule has 1 rings (SSSR count). The smallest absolute Gasteiger partial charge is 0.317 e. The van der Waals surface area contributed by atoms with Crippen molar-refractivity contribution in [3.8, 4) is 0 Å². The Morgan fingerprint density at radius 2 is 2.12 bits per heavy atom. The van der Waals surface area contributed by atoms with E-state index < -0.39 is 11.4 Å². The first kappa shape index (κ1) is 13.8. The van der Waals surface area contributed by atoms with Gasteiger partial charge in [-0.15, -0.1) is 0 Å². The Balaban J connectivity index is 2.37. The molecule has 17 heavy (non-hydrogen) atoms. The van der Waals surface area contributed by atoms with Gasteiger partial charge in [-0.3, -0.25) is 4.79 Å². The van der Waals surface area contributed by atoms with Gasteiger partial charge in [0.25, 0.3) is 0 Å². The van der Waals surface area contributed by atoms with E-state index in [0.717, 1.165) is 0 Å². The van der Waals surface area contributed by atoms with Crippen molar-refractivity contribution in [3.05, 3.63) is 0 Å². The molecule has 0 aliphatic heterocycles. The van der Waals surface area contributed by atoms with Gasteiger partial charge in [-0.1, -0.05) is 0 Å². The van der Waals surface area contributed by atoms with Gasteiger partial charge in [0, 0.05) is 20.7 Å². The van der Waals surface area contributed by atoms with Crippen LogP contribution in [0.5, 0.6) is 0 Å². The molecule has 0 saturated heterocycles. The van der Waals surface area contributed by atoms with E-state index in [1.165, 1.54) is 4.90 Å². The van der Waals surface area contributed by atoms with Crippen LogP contribution in [-0.4, -0.2) is 55.4 Å². The van der Waals surface area contributed by atoms with Crippen molar-refractivity contribution >= 4 is 12.0 Å². The van der Waals surface area contributed by atoms with Gasteiger partial charge in [0.15, 0.2) is 0 Å². The highest BCUT2D eigenvalue weighted by molar-refractivity contribution is 5.80. The highest BCUT2D eigenvalue weighted by atomic mass is 16.5. The zero-order valence-electron chi connectivity index (χ0n) is 10.5. The standard InChI is InChI=1S/C11H20N2O4/c1-8(6-17-3)13(2)10(16)12-7-11(4-5-11)9(14)15/h8H,4-7H2,1-3H3,(H,12,16)(H,14,15). The lowest BCUT2D eigenvalue weighted by molar-refractivity contribution is -0.143. The fourth-order valence-electron chi connectivity index (χ4n) is 1.54. The summed E-state index contributed by atoms with van der Waals surface area (Å²) >= 11 is 0. The van der Waals surface area contributed by atoms with Crippen LogP contribution in [0.1, 0.15) is 19.8 Å². The predicted molar refractivity (Wildman–Crippen MR) is 61.8 cm³/mol. The summed E-state index contributed by atoms with van der Waals surface area (Å²) in [5.41, 5.74) is -0.721. The molecule has 1 aliphatic rings. The predicted octanol–water partition coefficient (Wildman–Crippen LogP) is 0.527. The Morgan fingerprint density at radius 1 is 1.53 bits per heavy atom. The Bertz CT molecular complexity index is 302. The SMILES string of the molecule is COCC(C)N(C)C(=O)NCC1(C(=O)O)CC1. The largest absolute Gasteiger partial charge is 0.481 e. The highest BCUT2D eigenvalue weighted by Crippen LogP contribution is 2.45. The number of likely N-dealkylation sites (N-methyl/N-ethyl adjacent to an activating group) is 1. The molecule has 6 nitrogen and oxygen atoms in total. The number of carbonyl (C=O) groups is 2. The quantitative estimate of drug-likeness (QED) is 0.714. The Labute approximate surface area is 101 Å². The van der Waals surface area contributed by atoms with Crippen LogP contribution in [0.2, 0.25) is 0 Å². The van der Waals surface area contributed by atoms with Gasteiger partial charge in [-0.25, -0.2) is 4.79 Å². The molecule has 0 heterocycles. The maximum Gasteiger partial charge on any atom is 0.317 e. The van der Waals surface area contributed by atoms with Crippen molar-refractivity contribution in [1.29, 1.82) is 0 Å². The summed E-state index contributed by atoms with van der Waals surface area (Å²) in [5.74, 6) is -0.828. The molecule has 1 aliphatic carbocycles. The minimum Gasteiger partial charge on any atom is -0.481 e. The van der Waals surface area contributed by atoms with Crippen molar-refractivity contribution in [3.63, 3.8) is 0 Å². The number of nitrogens with zero attached hydrogens (tertiary/aromatic N) is 1. The van der Waals surface area contributed by atoms with Gasteiger partial charge >= 0.3 is 12.0 Å². The lowest BCUT2D eigenvalue weighted by Gasteiger charge is -2.25. The van der Waals surface area contributed by atoms with Gasteiger partial charge in [0.2, 0.25) is 0 Å². The number of ether oxygens (including phenoxy) is 1. The number of urea groups is 1. The van der Waals surface area contributed by atoms with E-state index in [1.807, 2.05) is 6.92 Å². The van der Waals surface area contributed by atoms with Crippen molar-refractivity contribution < 1.29 is 19.4 Å². The van der Waals surface area contributed by atoms with Crippen molar-refractivity contribution in [2.75, 3.05) is 27.3 Å². The number of carboxylic acid groups (broad SMARTS) is 1.